The Labute approximate surface area is 102 Å². The van der Waals surface area contributed by atoms with Gasteiger partial charge < -0.3 is 23.7 Å². The highest BCUT2D eigenvalue weighted by molar-refractivity contribution is 5.75. The SMILES string of the molecule is COC(=O)C(OC)C(OC)C(OC)C(C)OC. The van der Waals surface area contributed by atoms with E-state index in [2.05, 4.69) is 4.74 Å². The lowest BCUT2D eigenvalue weighted by molar-refractivity contribution is -0.178. The van der Waals surface area contributed by atoms with Crippen LogP contribution in [0.15, 0.2) is 0 Å². The zero-order chi connectivity index (χ0) is 13.4. The first kappa shape index (κ1) is 16.3. The van der Waals surface area contributed by atoms with E-state index in [1.165, 1.54) is 28.4 Å². The van der Waals surface area contributed by atoms with Crippen molar-refractivity contribution in [3.8, 4) is 0 Å². The van der Waals surface area contributed by atoms with Crippen LogP contribution in [0.2, 0.25) is 0 Å². The van der Waals surface area contributed by atoms with Crippen molar-refractivity contribution < 1.29 is 28.5 Å². The van der Waals surface area contributed by atoms with Crippen LogP contribution in [0.3, 0.4) is 0 Å². The Morgan fingerprint density at radius 2 is 1.35 bits per heavy atom. The zero-order valence-corrected chi connectivity index (χ0v) is 11.3. The first-order valence-corrected chi connectivity index (χ1v) is 5.26. The summed E-state index contributed by atoms with van der Waals surface area (Å²) < 4.78 is 25.5. The summed E-state index contributed by atoms with van der Waals surface area (Å²) in [5, 5.41) is 0. The van der Waals surface area contributed by atoms with Crippen LogP contribution in [0, 0.1) is 0 Å². The van der Waals surface area contributed by atoms with Crippen LogP contribution in [0.4, 0.5) is 0 Å². The van der Waals surface area contributed by atoms with Crippen LogP contribution in [0.25, 0.3) is 0 Å². The highest BCUT2D eigenvalue weighted by atomic mass is 16.6. The van der Waals surface area contributed by atoms with Crippen molar-refractivity contribution in [2.45, 2.75) is 31.3 Å². The molecule has 102 valence electrons. The Bertz CT molecular complexity index is 220. The summed E-state index contributed by atoms with van der Waals surface area (Å²) in [7, 11) is 7.27. The van der Waals surface area contributed by atoms with E-state index in [1.54, 1.807) is 7.11 Å². The molecule has 0 saturated carbocycles. The highest BCUT2D eigenvalue weighted by Gasteiger charge is 2.38. The van der Waals surface area contributed by atoms with Crippen molar-refractivity contribution >= 4 is 5.97 Å². The Hall–Kier alpha value is -0.690. The Balaban J connectivity index is 4.92. The summed E-state index contributed by atoms with van der Waals surface area (Å²) in [6, 6.07) is 0. The number of carbonyl (C=O) groups excluding carboxylic acids is 1. The van der Waals surface area contributed by atoms with E-state index < -0.39 is 24.3 Å². The quantitative estimate of drug-likeness (QED) is 0.575. The second-order valence-corrected chi connectivity index (χ2v) is 3.52. The molecule has 0 N–H and O–H groups in total. The van der Waals surface area contributed by atoms with Crippen molar-refractivity contribution in [3.05, 3.63) is 0 Å². The summed E-state index contributed by atoms with van der Waals surface area (Å²) in [5.41, 5.74) is 0. The van der Waals surface area contributed by atoms with E-state index in [0.717, 1.165) is 0 Å². The predicted molar refractivity (Wildman–Crippen MR) is 60.9 cm³/mol. The molecule has 0 aromatic heterocycles. The molecular formula is C11H22O6. The summed E-state index contributed by atoms with van der Waals surface area (Å²) in [4.78, 5) is 11.6. The van der Waals surface area contributed by atoms with Gasteiger partial charge in [0.05, 0.1) is 13.2 Å². The second-order valence-electron chi connectivity index (χ2n) is 3.52. The normalized spacial score (nSPS) is 18.2. The van der Waals surface area contributed by atoms with Gasteiger partial charge in [0.1, 0.15) is 12.2 Å². The maximum absolute atomic E-state index is 11.6. The summed E-state index contributed by atoms with van der Waals surface area (Å²) in [6.07, 6.45) is -2.14. The van der Waals surface area contributed by atoms with Crippen molar-refractivity contribution in [2.75, 3.05) is 35.5 Å². The van der Waals surface area contributed by atoms with Crippen LogP contribution < -0.4 is 0 Å². The number of hydrogen-bond donors (Lipinski definition) is 0. The molecule has 4 unspecified atom stereocenters. The van der Waals surface area contributed by atoms with Gasteiger partial charge in [0.25, 0.3) is 0 Å². The largest absolute Gasteiger partial charge is 0.467 e. The van der Waals surface area contributed by atoms with Gasteiger partial charge in [0, 0.05) is 28.4 Å². The van der Waals surface area contributed by atoms with Gasteiger partial charge >= 0.3 is 5.97 Å². The standard InChI is InChI=1S/C11H22O6/c1-7(13-2)8(14-3)9(15-4)10(16-5)11(12)17-6/h7-10H,1-6H3. The topological polar surface area (TPSA) is 63.2 Å². The number of methoxy groups -OCH3 is 5. The van der Waals surface area contributed by atoms with Gasteiger partial charge in [-0.25, -0.2) is 4.79 Å². The van der Waals surface area contributed by atoms with Gasteiger partial charge in [0.2, 0.25) is 0 Å². The molecule has 0 aliphatic heterocycles. The maximum Gasteiger partial charge on any atom is 0.337 e. The van der Waals surface area contributed by atoms with Gasteiger partial charge in [-0.05, 0) is 6.92 Å². The van der Waals surface area contributed by atoms with Gasteiger partial charge in [-0.15, -0.1) is 0 Å². The van der Waals surface area contributed by atoms with Crippen molar-refractivity contribution in [1.29, 1.82) is 0 Å². The number of ether oxygens (including phenoxy) is 5. The Morgan fingerprint density at radius 3 is 1.65 bits per heavy atom. The number of esters is 1. The molecule has 0 fully saturated rings. The highest BCUT2D eigenvalue weighted by Crippen LogP contribution is 2.16. The van der Waals surface area contributed by atoms with E-state index in [1.807, 2.05) is 6.92 Å². The predicted octanol–water partition coefficient (Wildman–Crippen LogP) is 0.239. The molecule has 0 heterocycles. The lowest BCUT2D eigenvalue weighted by atomic mass is 10.0. The molecule has 0 aliphatic rings. The van der Waals surface area contributed by atoms with Crippen LogP contribution in [-0.2, 0) is 28.5 Å². The summed E-state index contributed by atoms with van der Waals surface area (Å²) >= 11 is 0. The molecular weight excluding hydrogens is 228 g/mol. The third kappa shape index (κ3) is 4.23. The first-order chi connectivity index (χ1) is 8.06. The Morgan fingerprint density at radius 1 is 0.824 bits per heavy atom. The third-order valence-corrected chi connectivity index (χ3v) is 2.69. The number of carbonyl (C=O) groups is 1. The molecule has 0 aliphatic carbocycles. The minimum atomic E-state index is -0.854. The smallest absolute Gasteiger partial charge is 0.337 e. The lowest BCUT2D eigenvalue weighted by Gasteiger charge is -2.32. The maximum atomic E-state index is 11.6. The molecule has 0 radical (unpaired) electrons. The van der Waals surface area contributed by atoms with E-state index >= 15 is 0 Å². The van der Waals surface area contributed by atoms with E-state index in [-0.39, 0.29) is 6.10 Å². The molecule has 0 saturated heterocycles. The van der Waals surface area contributed by atoms with Crippen LogP contribution >= 0.6 is 0 Å². The van der Waals surface area contributed by atoms with Gasteiger partial charge in [-0.3, -0.25) is 0 Å². The van der Waals surface area contributed by atoms with Gasteiger partial charge in [-0.1, -0.05) is 0 Å². The molecule has 0 aromatic rings. The minimum absolute atomic E-state index is 0.243. The number of hydrogen-bond acceptors (Lipinski definition) is 6. The average molecular weight is 250 g/mol. The lowest BCUT2D eigenvalue weighted by Crippen LogP contribution is -2.50. The summed E-state index contributed by atoms with van der Waals surface area (Å²) in [6.45, 7) is 1.82. The van der Waals surface area contributed by atoms with E-state index in [9.17, 15) is 4.79 Å². The minimum Gasteiger partial charge on any atom is -0.467 e. The zero-order valence-electron chi connectivity index (χ0n) is 11.3. The molecule has 6 heteroatoms. The fourth-order valence-electron chi connectivity index (χ4n) is 1.64. The molecule has 6 nitrogen and oxygen atoms in total. The van der Waals surface area contributed by atoms with Crippen LogP contribution in [0.1, 0.15) is 6.92 Å². The fraction of sp³-hybridized carbons (Fsp3) is 0.909. The van der Waals surface area contributed by atoms with E-state index in [0.29, 0.717) is 0 Å². The van der Waals surface area contributed by atoms with Crippen molar-refractivity contribution in [3.63, 3.8) is 0 Å². The molecule has 0 bridgehead atoms. The monoisotopic (exact) mass is 250 g/mol. The van der Waals surface area contributed by atoms with Gasteiger partial charge in [-0.2, -0.15) is 0 Å². The third-order valence-electron chi connectivity index (χ3n) is 2.69. The molecule has 17 heavy (non-hydrogen) atoms. The van der Waals surface area contributed by atoms with Gasteiger partial charge in [0.15, 0.2) is 6.10 Å². The molecule has 0 rings (SSSR count). The van der Waals surface area contributed by atoms with Crippen molar-refractivity contribution in [1.82, 2.24) is 0 Å². The second kappa shape index (κ2) is 8.41. The van der Waals surface area contributed by atoms with Crippen LogP contribution in [-0.4, -0.2) is 65.9 Å². The molecule has 0 spiro atoms. The Kier molecular flexibility index (Phi) is 8.07. The fourth-order valence-corrected chi connectivity index (χ4v) is 1.64. The molecule has 4 atom stereocenters. The molecule has 0 amide bonds. The molecule has 0 aromatic carbocycles. The average Bonchev–Trinajstić information content (AvgIpc) is 2.37. The number of rotatable bonds is 8. The van der Waals surface area contributed by atoms with E-state index in [4.69, 9.17) is 18.9 Å². The van der Waals surface area contributed by atoms with Crippen LogP contribution in [0.5, 0.6) is 0 Å². The first-order valence-electron chi connectivity index (χ1n) is 5.26. The van der Waals surface area contributed by atoms with Crippen molar-refractivity contribution in [2.24, 2.45) is 0 Å². The summed E-state index contributed by atoms with van der Waals surface area (Å²) in [5.74, 6) is -0.510.